The highest BCUT2D eigenvalue weighted by molar-refractivity contribution is 5.31. The van der Waals surface area contributed by atoms with Crippen LogP contribution in [-0.4, -0.2) is 41.0 Å². The summed E-state index contributed by atoms with van der Waals surface area (Å²) in [6, 6.07) is 1.47. The molecule has 0 unspecified atom stereocenters. The summed E-state index contributed by atoms with van der Waals surface area (Å²) in [7, 11) is 0. The third-order valence-electron chi connectivity index (χ3n) is 2.40. The van der Waals surface area contributed by atoms with Gasteiger partial charge >= 0.3 is 0 Å². The molecule has 2 N–H and O–H groups in total. The third-order valence-corrected chi connectivity index (χ3v) is 2.40. The van der Waals surface area contributed by atoms with Gasteiger partial charge in [-0.25, -0.2) is 4.98 Å². The highest BCUT2D eigenvalue weighted by Gasteiger charge is 2.00. The van der Waals surface area contributed by atoms with Crippen LogP contribution in [-0.2, 0) is 0 Å². The molecule has 0 aliphatic carbocycles. The number of nitrogens with zero attached hydrogens (tertiary/aromatic N) is 2. The molecule has 5 heteroatoms. The van der Waals surface area contributed by atoms with E-state index in [9.17, 15) is 4.79 Å². The molecule has 5 nitrogen and oxygen atoms in total. The van der Waals surface area contributed by atoms with Crippen LogP contribution < -0.4 is 10.9 Å². The minimum absolute atomic E-state index is 0.126. The Kier molecular flexibility index (Phi) is 5.56. The monoisotopic (exact) mass is 224 g/mol. The van der Waals surface area contributed by atoms with Crippen molar-refractivity contribution < 1.29 is 0 Å². The smallest absolute Gasteiger partial charge is 0.252 e. The maximum Gasteiger partial charge on any atom is 0.252 e. The van der Waals surface area contributed by atoms with E-state index < -0.39 is 0 Å². The number of H-pyrrole nitrogens is 1. The first-order valence-corrected chi connectivity index (χ1v) is 5.77. The van der Waals surface area contributed by atoms with Gasteiger partial charge in [0.25, 0.3) is 5.56 Å². The number of likely N-dealkylation sites (N-methyl/N-ethyl adjacent to an activating group) is 1. The SMILES string of the molecule is CCCN(CC)CCNc1cc(=O)[nH]cn1. The first-order valence-electron chi connectivity index (χ1n) is 5.77. The largest absolute Gasteiger partial charge is 0.369 e. The summed E-state index contributed by atoms with van der Waals surface area (Å²) in [6.07, 6.45) is 2.57. The van der Waals surface area contributed by atoms with Gasteiger partial charge in [-0.3, -0.25) is 4.79 Å². The molecule has 16 heavy (non-hydrogen) atoms. The summed E-state index contributed by atoms with van der Waals surface area (Å²) in [6.45, 7) is 8.28. The van der Waals surface area contributed by atoms with Gasteiger partial charge in [0.2, 0.25) is 0 Å². The van der Waals surface area contributed by atoms with Crippen LogP contribution in [0.1, 0.15) is 20.3 Å². The van der Waals surface area contributed by atoms with Crippen LogP contribution in [0.5, 0.6) is 0 Å². The molecule has 1 rings (SSSR count). The van der Waals surface area contributed by atoms with Crippen molar-refractivity contribution >= 4 is 5.82 Å². The van der Waals surface area contributed by atoms with Crippen molar-refractivity contribution in [3.8, 4) is 0 Å². The lowest BCUT2D eigenvalue weighted by atomic mass is 10.4. The maximum atomic E-state index is 11.0. The second kappa shape index (κ2) is 7.00. The summed E-state index contributed by atoms with van der Waals surface area (Å²) in [5, 5.41) is 3.14. The van der Waals surface area contributed by atoms with Gasteiger partial charge in [0.05, 0.1) is 6.33 Å². The van der Waals surface area contributed by atoms with Crippen molar-refractivity contribution in [2.24, 2.45) is 0 Å². The van der Waals surface area contributed by atoms with Crippen LogP contribution in [0.25, 0.3) is 0 Å². The molecule has 0 saturated heterocycles. The number of nitrogens with one attached hydrogen (secondary N) is 2. The van der Waals surface area contributed by atoms with Gasteiger partial charge in [-0.15, -0.1) is 0 Å². The van der Waals surface area contributed by atoms with E-state index in [-0.39, 0.29) is 5.56 Å². The van der Waals surface area contributed by atoms with Crippen LogP contribution >= 0.6 is 0 Å². The second-order valence-electron chi connectivity index (χ2n) is 3.66. The molecule has 1 aromatic rings. The van der Waals surface area contributed by atoms with E-state index in [1.54, 1.807) is 0 Å². The van der Waals surface area contributed by atoms with E-state index in [4.69, 9.17) is 0 Å². The normalized spacial score (nSPS) is 10.7. The van der Waals surface area contributed by atoms with E-state index in [1.165, 1.54) is 12.4 Å². The van der Waals surface area contributed by atoms with Gasteiger partial charge in [-0.1, -0.05) is 13.8 Å². The van der Waals surface area contributed by atoms with E-state index in [2.05, 4.69) is 34.0 Å². The van der Waals surface area contributed by atoms with E-state index in [0.29, 0.717) is 5.82 Å². The van der Waals surface area contributed by atoms with Crippen molar-refractivity contribution in [3.05, 3.63) is 22.7 Å². The topological polar surface area (TPSA) is 61.0 Å². The van der Waals surface area contributed by atoms with Crippen LogP contribution in [0.2, 0.25) is 0 Å². The first-order chi connectivity index (χ1) is 7.76. The lowest BCUT2D eigenvalue weighted by Gasteiger charge is -2.19. The van der Waals surface area contributed by atoms with Gasteiger partial charge in [-0.05, 0) is 19.5 Å². The molecule has 0 aliphatic rings. The molecule has 0 saturated carbocycles. The van der Waals surface area contributed by atoms with Gasteiger partial charge in [0.15, 0.2) is 0 Å². The molecule has 0 bridgehead atoms. The Labute approximate surface area is 95.9 Å². The summed E-state index contributed by atoms with van der Waals surface area (Å²) < 4.78 is 0. The van der Waals surface area contributed by atoms with Gasteiger partial charge < -0.3 is 15.2 Å². The average molecular weight is 224 g/mol. The summed E-state index contributed by atoms with van der Waals surface area (Å²) in [4.78, 5) is 19.9. The Hall–Kier alpha value is -1.36. The summed E-state index contributed by atoms with van der Waals surface area (Å²) in [5.74, 6) is 0.635. The first kappa shape index (κ1) is 12.7. The lowest BCUT2D eigenvalue weighted by Crippen LogP contribution is -2.29. The molecule has 0 radical (unpaired) electrons. The lowest BCUT2D eigenvalue weighted by molar-refractivity contribution is 0.300. The number of rotatable bonds is 7. The maximum absolute atomic E-state index is 11.0. The number of hydrogen-bond acceptors (Lipinski definition) is 4. The zero-order chi connectivity index (χ0) is 11.8. The van der Waals surface area contributed by atoms with Crippen LogP contribution in [0.4, 0.5) is 5.82 Å². The Balaban J connectivity index is 2.32. The van der Waals surface area contributed by atoms with Crippen molar-refractivity contribution in [3.63, 3.8) is 0 Å². The number of anilines is 1. The number of hydrogen-bond donors (Lipinski definition) is 2. The highest BCUT2D eigenvalue weighted by atomic mass is 16.1. The molecule has 1 heterocycles. The minimum atomic E-state index is -0.126. The standard InChI is InChI=1S/C11H20N4O/c1-3-6-15(4-2)7-5-12-10-8-11(16)14-9-13-10/h8-9H,3-7H2,1-2H3,(H2,12,13,14,16). The van der Waals surface area contributed by atoms with Crippen molar-refractivity contribution in [2.45, 2.75) is 20.3 Å². The van der Waals surface area contributed by atoms with E-state index in [1.807, 2.05) is 0 Å². The molecule has 0 aromatic carbocycles. The Bertz CT molecular complexity index is 350. The van der Waals surface area contributed by atoms with Gasteiger partial charge in [0.1, 0.15) is 5.82 Å². The zero-order valence-corrected chi connectivity index (χ0v) is 9.99. The third kappa shape index (κ3) is 4.44. The summed E-state index contributed by atoms with van der Waals surface area (Å²) >= 11 is 0. The predicted molar refractivity (Wildman–Crippen MR) is 65.8 cm³/mol. The summed E-state index contributed by atoms with van der Waals surface area (Å²) in [5.41, 5.74) is -0.126. The van der Waals surface area contributed by atoms with Crippen LogP contribution in [0.15, 0.2) is 17.2 Å². The quantitative estimate of drug-likeness (QED) is 0.723. The number of aromatic amines is 1. The molecule has 0 spiro atoms. The fraction of sp³-hybridized carbons (Fsp3) is 0.636. The van der Waals surface area contributed by atoms with Crippen LogP contribution in [0, 0.1) is 0 Å². The molecule has 0 atom stereocenters. The van der Waals surface area contributed by atoms with Crippen LogP contribution in [0.3, 0.4) is 0 Å². The molecule has 0 amide bonds. The van der Waals surface area contributed by atoms with Crippen molar-refractivity contribution in [2.75, 3.05) is 31.5 Å². The zero-order valence-electron chi connectivity index (χ0n) is 9.99. The Morgan fingerprint density at radius 3 is 2.88 bits per heavy atom. The Morgan fingerprint density at radius 2 is 2.25 bits per heavy atom. The van der Waals surface area contributed by atoms with Gasteiger partial charge in [0, 0.05) is 19.2 Å². The number of aromatic nitrogens is 2. The van der Waals surface area contributed by atoms with E-state index >= 15 is 0 Å². The molecule has 0 fully saturated rings. The molecule has 1 aromatic heterocycles. The van der Waals surface area contributed by atoms with Crippen molar-refractivity contribution in [1.29, 1.82) is 0 Å². The molecule has 0 aliphatic heterocycles. The molecule has 90 valence electrons. The van der Waals surface area contributed by atoms with Crippen molar-refractivity contribution in [1.82, 2.24) is 14.9 Å². The average Bonchev–Trinajstić information content (AvgIpc) is 2.28. The molecular weight excluding hydrogens is 204 g/mol. The predicted octanol–water partition coefficient (Wildman–Crippen LogP) is 0.914. The highest BCUT2D eigenvalue weighted by Crippen LogP contribution is 1.95. The fourth-order valence-corrected chi connectivity index (χ4v) is 1.55. The second-order valence-corrected chi connectivity index (χ2v) is 3.66. The van der Waals surface area contributed by atoms with E-state index in [0.717, 1.165) is 32.6 Å². The minimum Gasteiger partial charge on any atom is -0.369 e. The van der Waals surface area contributed by atoms with Gasteiger partial charge in [-0.2, -0.15) is 0 Å². The fourth-order valence-electron chi connectivity index (χ4n) is 1.55. The molecular formula is C11H20N4O. The Morgan fingerprint density at radius 1 is 1.44 bits per heavy atom.